The van der Waals surface area contributed by atoms with E-state index in [1.807, 2.05) is 0 Å². The van der Waals surface area contributed by atoms with Crippen molar-refractivity contribution in [2.24, 2.45) is 0 Å². The minimum atomic E-state index is -0.363. The highest BCUT2D eigenvalue weighted by Crippen LogP contribution is 2.10. The second-order valence-electron chi connectivity index (χ2n) is 3.87. The third-order valence-electron chi connectivity index (χ3n) is 2.41. The lowest BCUT2D eigenvalue weighted by Gasteiger charge is -2.05. The number of aromatic nitrogens is 2. The number of amides is 1. The number of rotatable bonds is 3. The lowest BCUT2D eigenvalue weighted by molar-refractivity contribution is 0.0949. The van der Waals surface area contributed by atoms with Gasteiger partial charge in [-0.15, -0.1) is 0 Å². The number of aryl methyl sites for hydroxylation is 2. The highest BCUT2D eigenvalue weighted by Gasteiger charge is 2.10. The third kappa shape index (κ3) is 2.71. The smallest absolute Gasteiger partial charge is 0.251 e. The molecule has 0 saturated carbocycles. The molecule has 18 heavy (non-hydrogen) atoms. The highest BCUT2D eigenvalue weighted by atomic mass is 19.1. The minimum absolute atomic E-state index is 0.174. The van der Waals surface area contributed by atoms with Gasteiger partial charge in [0, 0.05) is 12.5 Å². The maximum Gasteiger partial charge on any atom is 0.251 e. The SMILES string of the molecule is Cc1nc(CNC(=O)c2ccc(F)cc2C)no1. The number of carbonyl (C=O) groups is 1. The molecule has 1 aromatic carbocycles. The average Bonchev–Trinajstić information content (AvgIpc) is 2.72. The standard InChI is InChI=1S/C12H12FN3O2/c1-7-5-9(13)3-4-10(7)12(17)14-6-11-15-8(2)18-16-11/h3-5H,6H2,1-2H3,(H,14,17). The molecule has 6 heteroatoms. The fourth-order valence-corrected chi connectivity index (χ4v) is 1.55. The van der Waals surface area contributed by atoms with E-state index in [0.717, 1.165) is 0 Å². The van der Waals surface area contributed by atoms with Crippen LogP contribution in [0.5, 0.6) is 0 Å². The number of nitrogens with one attached hydrogen (secondary N) is 1. The van der Waals surface area contributed by atoms with Crippen LogP contribution >= 0.6 is 0 Å². The predicted molar refractivity (Wildman–Crippen MR) is 61.3 cm³/mol. The van der Waals surface area contributed by atoms with Crippen molar-refractivity contribution in [1.29, 1.82) is 0 Å². The summed E-state index contributed by atoms with van der Waals surface area (Å²) in [6, 6.07) is 4.01. The minimum Gasteiger partial charge on any atom is -0.345 e. The number of carbonyl (C=O) groups excluding carboxylic acids is 1. The molecule has 2 rings (SSSR count). The normalized spacial score (nSPS) is 10.4. The molecule has 0 saturated heterocycles. The molecule has 1 heterocycles. The predicted octanol–water partition coefficient (Wildman–Crippen LogP) is 1.76. The van der Waals surface area contributed by atoms with Gasteiger partial charge < -0.3 is 9.84 Å². The van der Waals surface area contributed by atoms with E-state index in [0.29, 0.717) is 22.8 Å². The van der Waals surface area contributed by atoms with E-state index in [1.54, 1.807) is 13.8 Å². The molecule has 5 nitrogen and oxygen atoms in total. The molecule has 0 fully saturated rings. The first-order valence-corrected chi connectivity index (χ1v) is 5.40. The van der Waals surface area contributed by atoms with Gasteiger partial charge in [-0.3, -0.25) is 4.79 Å². The molecule has 0 unspecified atom stereocenters. The fraction of sp³-hybridized carbons (Fsp3) is 0.250. The Bertz CT molecular complexity index is 580. The largest absolute Gasteiger partial charge is 0.345 e. The Morgan fingerprint density at radius 3 is 2.83 bits per heavy atom. The van der Waals surface area contributed by atoms with E-state index in [2.05, 4.69) is 15.5 Å². The summed E-state index contributed by atoms with van der Waals surface area (Å²) in [5.41, 5.74) is 1.01. The lowest BCUT2D eigenvalue weighted by Crippen LogP contribution is -2.24. The van der Waals surface area contributed by atoms with Gasteiger partial charge in [0.2, 0.25) is 5.89 Å². The summed E-state index contributed by atoms with van der Waals surface area (Å²) in [5, 5.41) is 6.30. The number of halogens is 1. The van der Waals surface area contributed by atoms with Crippen molar-refractivity contribution in [3.8, 4) is 0 Å². The number of benzene rings is 1. The van der Waals surface area contributed by atoms with Crippen LogP contribution in [0.3, 0.4) is 0 Å². The number of hydrogen-bond donors (Lipinski definition) is 1. The Labute approximate surface area is 103 Å². The van der Waals surface area contributed by atoms with Crippen molar-refractivity contribution < 1.29 is 13.7 Å². The van der Waals surface area contributed by atoms with Crippen LogP contribution in [0.4, 0.5) is 4.39 Å². The third-order valence-corrected chi connectivity index (χ3v) is 2.41. The van der Waals surface area contributed by atoms with Crippen LogP contribution in [0.2, 0.25) is 0 Å². The van der Waals surface area contributed by atoms with E-state index in [1.165, 1.54) is 18.2 Å². The first-order valence-electron chi connectivity index (χ1n) is 5.40. The van der Waals surface area contributed by atoms with Crippen LogP contribution < -0.4 is 5.32 Å². The second kappa shape index (κ2) is 4.95. The summed E-state index contributed by atoms with van der Waals surface area (Å²) in [7, 11) is 0. The van der Waals surface area contributed by atoms with Crippen LogP contribution in [-0.2, 0) is 6.54 Å². The van der Waals surface area contributed by atoms with Crippen LogP contribution in [-0.4, -0.2) is 16.0 Å². The zero-order chi connectivity index (χ0) is 13.1. The van der Waals surface area contributed by atoms with Gasteiger partial charge >= 0.3 is 0 Å². The van der Waals surface area contributed by atoms with Crippen LogP contribution in [0.15, 0.2) is 22.7 Å². The molecule has 0 aliphatic heterocycles. The van der Waals surface area contributed by atoms with Crippen molar-refractivity contribution in [2.75, 3.05) is 0 Å². The molecule has 1 aromatic heterocycles. The Hall–Kier alpha value is -2.24. The maximum absolute atomic E-state index is 12.9. The second-order valence-corrected chi connectivity index (χ2v) is 3.87. The Kier molecular flexibility index (Phi) is 3.36. The molecule has 0 aliphatic rings. The Morgan fingerprint density at radius 2 is 2.22 bits per heavy atom. The van der Waals surface area contributed by atoms with Gasteiger partial charge in [-0.05, 0) is 30.7 Å². The number of nitrogens with zero attached hydrogens (tertiary/aromatic N) is 2. The van der Waals surface area contributed by atoms with Gasteiger partial charge in [0.25, 0.3) is 5.91 Å². The molecule has 0 bridgehead atoms. The summed E-state index contributed by atoms with van der Waals surface area (Å²) >= 11 is 0. The number of hydrogen-bond acceptors (Lipinski definition) is 4. The van der Waals surface area contributed by atoms with E-state index in [-0.39, 0.29) is 18.3 Å². The summed E-state index contributed by atoms with van der Waals surface area (Å²) in [5.74, 6) is 0.186. The molecule has 0 atom stereocenters. The maximum atomic E-state index is 12.9. The summed E-state index contributed by atoms with van der Waals surface area (Å²) in [6.07, 6.45) is 0. The molecule has 1 N–H and O–H groups in total. The zero-order valence-electron chi connectivity index (χ0n) is 10.0. The first-order chi connectivity index (χ1) is 8.56. The van der Waals surface area contributed by atoms with Gasteiger partial charge in [0.1, 0.15) is 5.82 Å². The topological polar surface area (TPSA) is 68.0 Å². The molecule has 94 valence electrons. The van der Waals surface area contributed by atoms with Gasteiger partial charge in [-0.25, -0.2) is 4.39 Å². The molecular formula is C12H12FN3O2. The zero-order valence-corrected chi connectivity index (χ0v) is 10.0. The molecule has 0 radical (unpaired) electrons. The molecule has 0 spiro atoms. The van der Waals surface area contributed by atoms with Crippen molar-refractivity contribution in [2.45, 2.75) is 20.4 Å². The Balaban J connectivity index is 2.03. The Morgan fingerprint density at radius 1 is 1.44 bits per heavy atom. The summed E-state index contributed by atoms with van der Waals surface area (Å²) in [6.45, 7) is 3.52. The first kappa shape index (κ1) is 12.2. The van der Waals surface area contributed by atoms with E-state index in [4.69, 9.17) is 4.52 Å². The van der Waals surface area contributed by atoms with Gasteiger partial charge in [-0.2, -0.15) is 4.98 Å². The van der Waals surface area contributed by atoms with E-state index >= 15 is 0 Å². The molecule has 2 aromatic rings. The molecule has 1 amide bonds. The van der Waals surface area contributed by atoms with Gasteiger partial charge in [0.15, 0.2) is 5.82 Å². The van der Waals surface area contributed by atoms with Crippen molar-refractivity contribution in [3.05, 3.63) is 46.9 Å². The average molecular weight is 249 g/mol. The van der Waals surface area contributed by atoms with Gasteiger partial charge in [0.05, 0.1) is 6.54 Å². The van der Waals surface area contributed by atoms with Crippen LogP contribution in [0.25, 0.3) is 0 Å². The highest BCUT2D eigenvalue weighted by molar-refractivity contribution is 5.95. The molecular weight excluding hydrogens is 237 g/mol. The summed E-state index contributed by atoms with van der Waals surface area (Å²) < 4.78 is 17.7. The van der Waals surface area contributed by atoms with Crippen molar-refractivity contribution in [1.82, 2.24) is 15.5 Å². The fourth-order valence-electron chi connectivity index (χ4n) is 1.55. The lowest BCUT2D eigenvalue weighted by atomic mass is 10.1. The van der Waals surface area contributed by atoms with Crippen molar-refractivity contribution >= 4 is 5.91 Å². The quantitative estimate of drug-likeness (QED) is 0.899. The van der Waals surface area contributed by atoms with E-state index in [9.17, 15) is 9.18 Å². The van der Waals surface area contributed by atoms with Crippen LogP contribution in [0.1, 0.15) is 27.6 Å². The van der Waals surface area contributed by atoms with Crippen molar-refractivity contribution in [3.63, 3.8) is 0 Å². The van der Waals surface area contributed by atoms with E-state index < -0.39 is 0 Å². The van der Waals surface area contributed by atoms with Crippen LogP contribution in [0, 0.1) is 19.7 Å². The van der Waals surface area contributed by atoms with Gasteiger partial charge in [-0.1, -0.05) is 5.16 Å². The summed E-state index contributed by atoms with van der Waals surface area (Å²) in [4.78, 5) is 15.8. The monoisotopic (exact) mass is 249 g/mol. The molecule has 0 aliphatic carbocycles.